The molecule has 5 heteroatoms. The zero-order chi connectivity index (χ0) is 18.1. The molecule has 3 aromatic carbocycles. The third-order valence-electron chi connectivity index (χ3n) is 3.99. The van der Waals surface area contributed by atoms with Crippen molar-refractivity contribution in [3.63, 3.8) is 0 Å². The van der Waals surface area contributed by atoms with Crippen LogP contribution in [0.15, 0.2) is 48.5 Å². The van der Waals surface area contributed by atoms with Gasteiger partial charge >= 0.3 is 0 Å². The summed E-state index contributed by atoms with van der Waals surface area (Å²) in [4.78, 5) is 0. The average Bonchev–Trinajstić information content (AvgIpc) is 2.54. The van der Waals surface area contributed by atoms with E-state index in [1.807, 2.05) is 6.92 Å². The van der Waals surface area contributed by atoms with Crippen molar-refractivity contribution in [3.05, 3.63) is 82.9 Å². The van der Waals surface area contributed by atoms with Gasteiger partial charge in [0.15, 0.2) is 0 Å². The highest BCUT2D eigenvalue weighted by Crippen LogP contribution is 2.33. The maximum atomic E-state index is 14.4. The summed E-state index contributed by atoms with van der Waals surface area (Å²) in [5.74, 6) is -4.28. The molecule has 0 bridgehead atoms. The van der Waals surface area contributed by atoms with Gasteiger partial charge in [-0.3, -0.25) is 0 Å². The second kappa shape index (κ2) is 6.67. The van der Waals surface area contributed by atoms with Crippen LogP contribution in [0, 0.1) is 30.2 Å². The fourth-order valence-electron chi connectivity index (χ4n) is 2.64. The van der Waals surface area contributed by atoms with E-state index < -0.39 is 41.1 Å². The third-order valence-corrected chi connectivity index (χ3v) is 3.99. The topological polar surface area (TPSA) is 0 Å². The van der Waals surface area contributed by atoms with E-state index in [1.165, 1.54) is 0 Å². The van der Waals surface area contributed by atoms with Crippen molar-refractivity contribution in [1.29, 1.82) is 0 Å². The van der Waals surface area contributed by atoms with E-state index in [4.69, 9.17) is 0 Å². The van der Waals surface area contributed by atoms with E-state index in [0.717, 1.165) is 29.8 Å². The maximum absolute atomic E-state index is 14.4. The minimum atomic E-state index is -1.34. The summed E-state index contributed by atoms with van der Waals surface area (Å²) < 4.78 is 68.9. The second-order valence-electron chi connectivity index (χ2n) is 5.73. The van der Waals surface area contributed by atoms with Crippen LogP contribution in [-0.4, -0.2) is 0 Å². The van der Waals surface area contributed by atoms with Gasteiger partial charge in [-0.05, 0) is 47.9 Å². The summed E-state index contributed by atoms with van der Waals surface area (Å²) in [5.41, 5.74) is 0.276. The van der Waals surface area contributed by atoms with Crippen molar-refractivity contribution in [3.8, 4) is 22.3 Å². The Morgan fingerprint density at radius 2 is 1.12 bits per heavy atom. The second-order valence-corrected chi connectivity index (χ2v) is 5.73. The highest BCUT2D eigenvalue weighted by atomic mass is 19.2. The lowest BCUT2D eigenvalue weighted by Crippen LogP contribution is -1.98. The fraction of sp³-hybridized carbons (Fsp3) is 0.100. The first kappa shape index (κ1) is 17.1. The van der Waals surface area contributed by atoms with Gasteiger partial charge in [0.05, 0.1) is 11.1 Å². The van der Waals surface area contributed by atoms with E-state index in [2.05, 4.69) is 0 Å². The molecule has 25 heavy (non-hydrogen) atoms. The zero-order valence-electron chi connectivity index (χ0n) is 13.2. The van der Waals surface area contributed by atoms with Crippen molar-refractivity contribution < 1.29 is 22.0 Å². The molecule has 0 aliphatic rings. The van der Waals surface area contributed by atoms with Gasteiger partial charge in [0.1, 0.15) is 29.9 Å². The first-order chi connectivity index (χ1) is 11.9. The van der Waals surface area contributed by atoms with Gasteiger partial charge in [-0.2, -0.15) is 0 Å². The van der Waals surface area contributed by atoms with Crippen LogP contribution in [0.5, 0.6) is 0 Å². The Bertz CT molecular complexity index is 883. The molecule has 0 heterocycles. The van der Waals surface area contributed by atoms with Gasteiger partial charge in [0.2, 0.25) is 0 Å². The van der Waals surface area contributed by atoms with Crippen molar-refractivity contribution >= 4 is 0 Å². The van der Waals surface area contributed by atoms with Crippen molar-refractivity contribution in [2.75, 3.05) is 0 Å². The van der Waals surface area contributed by atoms with Crippen LogP contribution in [0.1, 0.15) is 11.1 Å². The number of rotatable bonds is 3. The van der Waals surface area contributed by atoms with Crippen molar-refractivity contribution in [1.82, 2.24) is 0 Å². The number of hydrogen-bond donors (Lipinski definition) is 0. The third kappa shape index (κ3) is 3.27. The van der Waals surface area contributed by atoms with Crippen molar-refractivity contribution in [2.24, 2.45) is 0 Å². The van der Waals surface area contributed by atoms with Crippen LogP contribution >= 0.6 is 0 Å². The van der Waals surface area contributed by atoms with Crippen LogP contribution in [0.2, 0.25) is 0 Å². The predicted octanol–water partition coefficient (Wildman–Crippen LogP) is 6.35. The Kier molecular flexibility index (Phi) is 4.57. The monoisotopic (exact) mass is 348 g/mol. The molecule has 0 nitrogen and oxygen atoms in total. The average molecular weight is 348 g/mol. The molecular formula is C20H13F5. The van der Waals surface area contributed by atoms with E-state index >= 15 is 0 Å². The molecule has 0 radical (unpaired) electrons. The standard InChI is InChI=1S/C20H13F5/c1-11-2-4-12(5-3-11)13-6-18(24)20(19(25)7-13)14-8-16(22)15(10-21)17(23)9-14/h2-9H,10H2,1H3. The normalized spacial score (nSPS) is 11.0. The summed E-state index contributed by atoms with van der Waals surface area (Å²) in [6.07, 6.45) is 0. The minimum Gasteiger partial charge on any atom is -0.246 e. The quantitative estimate of drug-likeness (QED) is 0.484. The Balaban J connectivity index is 2.11. The molecule has 3 aromatic rings. The SMILES string of the molecule is Cc1ccc(-c2cc(F)c(-c3cc(F)c(CF)c(F)c3)c(F)c2)cc1. The lowest BCUT2D eigenvalue weighted by molar-refractivity contribution is 0.440. The molecule has 0 fully saturated rings. The molecular weight excluding hydrogens is 335 g/mol. The molecule has 0 unspecified atom stereocenters. The zero-order valence-corrected chi connectivity index (χ0v) is 13.2. The maximum Gasteiger partial charge on any atom is 0.134 e. The molecule has 0 saturated heterocycles. The smallest absolute Gasteiger partial charge is 0.134 e. The predicted molar refractivity (Wildman–Crippen MR) is 86.7 cm³/mol. The first-order valence-corrected chi connectivity index (χ1v) is 7.51. The van der Waals surface area contributed by atoms with Crippen LogP contribution in [0.3, 0.4) is 0 Å². The van der Waals surface area contributed by atoms with Gasteiger partial charge in [-0.25, -0.2) is 22.0 Å². The number of halogens is 5. The molecule has 3 rings (SSSR count). The molecule has 128 valence electrons. The highest BCUT2D eigenvalue weighted by Gasteiger charge is 2.18. The van der Waals surface area contributed by atoms with Crippen LogP contribution in [0.25, 0.3) is 22.3 Å². The summed E-state index contributed by atoms with van der Waals surface area (Å²) in [5, 5.41) is 0. The number of aryl methyl sites for hydroxylation is 1. The van der Waals surface area contributed by atoms with E-state index in [-0.39, 0.29) is 5.56 Å². The molecule has 0 amide bonds. The Labute approximate surface area is 141 Å². The number of benzene rings is 3. The molecule has 0 N–H and O–H groups in total. The lowest BCUT2D eigenvalue weighted by atomic mass is 9.97. The van der Waals surface area contributed by atoms with Gasteiger partial charge in [0, 0.05) is 0 Å². The molecule has 0 spiro atoms. The largest absolute Gasteiger partial charge is 0.246 e. The van der Waals surface area contributed by atoms with E-state index in [0.29, 0.717) is 11.1 Å². The first-order valence-electron chi connectivity index (χ1n) is 7.51. The van der Waals surface area contributed by atoms with Gasteiger partial charge in [0.25, 0.3) is 0 Å². The summed E-state index contributed by atoms with van der Waals surface area (Å²) >= 11 is 0. The molecule has 0 aliphatic heterocycles. The highest BCUT2D eigenvalue weighted by molar-refractivity contribution is 5.72. The lowest BCUT2D eigenvalue weighted by Gasteiger charge is -2.11. The molecule has 0 atom stereocenters. The molecule has 0 aromatic heterocycles. The number of hydrogen-bond acceptors (Lipinski definition) is 0. The summed E-state index contributed by atoms with van der Waals surface area (Å²) in [7, 11) is 0. The van der Waals surface area contributed by atoms with Crippen LogP contribution in [-0.2, 0) is 6.67 Å². The van der Waals surface area contributed by atoms with E-state index in [1.54, 1.807) is 24.3 Å². The minimum absolute atomic E-state index is 0.306. The van der Waals surface area contributed by atoms with E-state index in [9.17, 15) is 22.0 Å². The van der Waals surface area contributed by atoms with Gasteiger partial charge < -0.3 is 0 Å². The Morgan fingerprint density at radius 3 is 1.60 bits per heavy atom. The van der Waals surface area contributed by atoms with Crippen LogP contribution < -0.4 is 0 Å². The van der Waals surface area contributed by atoms with Gasteiger partial charge in [-0.1, -0.05) is 29.8 Å². The number of alkyl halides is 1. The summed E-state index contributed by atoms with van der Waals surface area (Å²) in [6.45, 7) is 0.549. The van der Waals surface area contributed by atoms with Crippen molar-refractivity contribution in [2.45, 2.75) is 13.6 Å². The summed E-state index contributed by atoms with van der Waals surface area (Å²) in [6, 6.07) is 10.7. The molecule has 0 saturated carbocycles. The Morgan fingerprint density at radius 1 is 0.640 bits per heavy atom. The van der Waals surface area contributed by atoms with Crippen LogP contribution in [0.4, 0.5) is 22.0 Å². The molecule has 0 aliphatic carbocycles. The van der Waals surface area contributed by atoms with Gasteiger partial charge in [-0.15, -0.1) is 0 Å². The fourth-order valence-corrected chi connectivity index (χ4v) is 2.64. The Hall–Kier alpha value is -2.69.